The maximum Gasteiger partial charge on any atom is 0.253 e. The largest absolute Gasteiger partial charge is 0.379 e. The summed E-state index contributed by atoms with van der Waals surface area (Å²) in [6.07, 6.45) is 3.54. The third-order valence-electron chi connectivity index (χ3n) is 11.1. The number of likely N-dealkylation sites (N-methyl/N-ethyl adjacent to an activating group) is 1. The second-order valence-electron chi connectivity index (χ2n) is 15.2. The van der Waals surface area contributed by atoms with Gasteiger partial charge in [0.25, 0.3) is 11.8 Å². The number of nitrogens with two attached hydrogens (primary N) is 1. The average molecular weight is 785 g/mol. The van der Waals surface area contributed by atoms with Gasteiger partial charge in [-0.3, -0.25) is 33.7 Å². The van der Waals surface area contributed by atoms with E-state index >= 15 is 0 Å². The van der Waals surface area contributed by atoms with Gasteiger partial charge in [-0.1, -0.05) is 71.4 Å². The van der Waals surface area contributed by atoms with Gasteiger partial charge in [-0.05, 0) is 30.2 Å². The van der Waals surface area contributed by atoms with Crippen LogP contribution < -0.4 is 16.4 Å². The van der Waals surface area contributed by atoms with Crippen molar-refractivity contribution in [3.8, 4) is 0 Å². The lowest BCUT2D eigenvalue weighted by Crippen LogP contribution is -2.56. The van der Waals surface area contributed by atoms with E-state index < -0.39 is 54.1 Å². The second kappa shape index (κ2) is 22.5. The van der Waals surface area contributed by atoms with Gasteiger partial charge in [0.1, 0.15) is 6.04 Å². The summed E-state index contributed by atoms with van der Waals surface area (Å²) in [5.41, 5.74) is 7.10. The molecular weight excluding hydrogens is 720 g/mol. The van der Waals surface area contributed by atoms with Crippen molar-refractivity contribution >= 4 is 35.4 Å². The molecule has 0 spiro atoms. The Balaban J connectivity index is 1.67. The Labute approximate surface area is 332 Å². The van der Waals surface area contributed by atoms with E-state index in [9.17, 15) is 28.8 Å². The number of nitrogens with zero attached hydrogens (tertiary/aromatic N) is 3. The molecule has 0 saturated carbocycles. The lowest BCUT2D eigenvalue weighted by Gasteiger charge is -2.40. The SMILES string of the molecule is CCC(C)C(C(CC(=O)N1CCC[C@H]1C(OC)C(C)C(=O)NC(Cc1ccccc1)C(=O)NCCOCCN1C(=O)C=CC1=O)OC)N(C)C(=O)C(N)C(C)C. The molecule has 1 saturated heterocycles. The zero-order chi connectivity index (χ0) is 41.5. The van der Waals surface area contributed by atoms with Crippen LogP contribution in [0.25, 0.3) is 0 Å². The van der Waals surface area contributed by atoms with Crippen molar-refractivity contribution in [3.05, 3.63) is 48.0 Å². The Morgan fingerprint density at radius 3 is 2.21 bits per heavy atom. The number of ether oxygens (including phenoxy) is 3. The van der Waals surface area contributed by atoms with Crippen LogP contribution in [0.5, 0.6) is 0 Å². The number of rotatable bonds is 23. The minimum Gasteiger partial charge on any atom is -0.379 e. The molecule has 6 amide bonds. The van der Waals surface area contributed by atoms with Gasteiger partial charge in [0.05, 0.1) is 62.4 Å². The number of hydrogen-bond acceptors (Lipinski definition) is 10. The highest BCUT2D eigenvalue weighted by Crippen LogP contribution is 2.29. The number of carbonyl (C=O) groups is 6. The molecule has 4 N–H and O–H groups in total. The molecule has 2 aliphatic rings. The molecule has 0 bridgehead atoms. The van der Waals surface area contributed by atoms with E-state index in [4.69, 9.17) is 19.9 Å². The molecule has 3 rings (SSSR count). The first kappa shape index (κ1) is 46.2. The predicted octanol–water partition coefficient (Wildman–Crippen LogP) is 1.68. The lowest BCUT2D eigenvalue weighted by molar-refractivity contribution is -0.146. The quantitative estimate of drug-likeness (QED) is 0.109. The number of methoxy groups -OCH3 is 2. The molecule has 0 aromatic heterocycles. The number of amides is 6. The molecule has 0 aliphatic carbocycles. The third kappa shape index (κ3) is 12.4. The Kier molecular flexibility index (Phi) is 18.6. The maximum atomic E-state index is 14.1. The number of benzene rings is 1. The molecule has 1 fully saturated rings. The zero-order valence-electron chi connectivity index (χ0n) is 34.4. The van der Waals surface area contributed by atoms with Crippen molar-refractivity contribution in [1.82, 2.24) is 25.3 Å². The van der Waals surface area contributed by atoms with Crippen LogP contribution in [0.3, 0.4) is 0 Å². The Hall–Kier alpha value is -4.18. The highest BCUT2D eigenvalue weighted by atomic mass is 16.5. The van der Waals surface area contributed by atoms with Crippen molar-refractivity contribution < 1.29 is 43.0 Å². The van der Waals surface area contributed by atoms with Crippen molar-refractivity contribution in [2.75, 3.05) is 54.1 Å². The third-order valence-corrected chi connectivity index (χ3v) is 11.1. The number of hydrogen-bond donors (Lipinski definition) is 3. The normalized spacial score (nSPS) is 19.4. The number of carbonyl (C=O) groups excluding carboxylic acids is 6. The van der Waals surface area contributed by atoms with Gasteiger partial charge >= 0.3 is 0 Å². The van der Waals surface area contributed by atoms with E-state index in [1.54, 1.807) is 30.9 Å². The van der Waals surface area contributed by atoms with Gasteiger partial charge in [0.15, 0.2) is 0 Å². The van der Waals surface area contributed by atoms with Crippen molar-refractivity contribution in [2.45, 2.75) is 103 Å². The monoisotopic (exact) mass is 784 g/mol. The first-order chi connectivity index (χ1) is 26.7. The standard InChI is InChI=1S/C41H64N6O9/c1-9-27(4)37(45(6)41(53)36(42)26(2)3)32(54-7)25-35(50)46-20-13-16-31(46)38(55-8)28(5)39(51)44-30(24-29-14-11-10-12-15-29)40(52)43-19-22-56-23-21-47-33(48)17-18-34(47)49/h10-12,14-15,17-18,26-28,30-32,36-38H,9,13,16,19-25,42H2,1-8H3,(H,43,52)(H,44,51)/t27?,28?,30?,31-,32?,36?,37?,38?/m0/s1. The summed E-state index contributed by atoms with van der Waals surface area (Å²) in [7, 11) is 4.79. The Morgan fingerprint density at radius 2 is 1.62 bits per heavy atom. The lowest BCUT2D eigenvalue weighted by atomic mass is 9.89. The smallest absolute Gasteiger partial charge is 0.253 e. The first-order valence-corrected chi connectivity index (χ1v) is 19.8. The number of imide groups is 1. The highest BCUT2D eigenvalue weighted by molar-refractivity contribution is 6.12. The fourth-order valence-corrected chi connectivity index (χ4v) is 7.47. The Morgan fingerprint density at radius 1 is 0.964 bits per heavy atom. The molecule has 7 unspecified atom stereocenters. The van der Waals surface area contributed by atoms with Crippen LogP contribution in [-0.4, -0.2) is 141 Å². The second-order valence-corrected chi connectivity index (χ2v) is 15.2. The molecule has 2 aliphatic heterocycles. The molecule has 1 aromatic rings. The van der Waals surface area contributed by atoms with Gasteiger partial charge in [0.2, 0.25) is 23.6 Å². The summed E-state index contributed by atoms with van der Waals surface area (Å²) in [6.45, 7) is 10.6. The highest BCUT2D eigenvalue weighted by Gasteiger charge is 2.43. The van der Waals surface area contributed by atoms with Crippen molar-refractivity contribution in [3.63, 3.8) is 0 Å². The summed E-state index contributed by atoms with van der Waals surface area (Å²) in [6, 6.07) is 6.95. The average Bonchev–Trinajstić information content (AvgIpc) is 3.80. The molecular formula is C41H64N6O9. The van der Waals surface area contributed by atoms with E-state index in [0.717, 1.165) is 23.3 Å². The van der Waals surface area contributed by atoms with Gasteiger partial charge in [0, 0.05) is 52.9 Å². The van der Waals surface area contributed by atoms with Crippen LogP contribution in [0.2, 0.25) is 0 Å². The van der Waals surface area contributed by atoms with Crippen LogP contribution in [0.15, 0.2) is 42.5 Å². The topological polar surface area (TPSA) is 190 Å². The minimum absolute atomic E-state index is 0.0240. The molecule has 0 radical (unpaired) electrons. The molecule has 312 valence electrons. The number of likely N-dealkylation sites (tertiary alicyclic amines) is 1. The first-order valence-electron chi connectivity index (χ1n) is 19.8. The van der Waals surface area contributed by atoms with Crippen LogP contribution >= 0.6 is 0 Å². The summed E-state index contributed by atoms with van der Waals surface area (Å²) in [5, 5.41) is 5.75. The van der Waals surface area contributed by atoms with Crippen LogP contribution in [0, 0.1) is 17.8 Å². The van der Waals surface area contributed by atoms with Crippen LogP contribution in [0.1, 0.15) is 65.9 Å². The molecule has 15 nitrogen and oxygen atoms in total. The van der Waals surface area contributed by atoms with E-state index in [0.29, 0.717) is 13.0 Å². The van der Waals surface area contributed by atoms with Gasteiger partial charge < -0.3 is 40.4 Å². The maximum absolute atomic E-state index is 14.1. The summed E-state index contributed by atoms with van der Waals surface area (Å²) in [4.78, 5) is 82.8. The van der Waals surface area contributed by atoms with E-state index in [-0.39, 0.29) is 74.6 Å². The van der Waals surface area contributed by atoms with Crippen LogP contribution in [-0.2, 0) is 49.4 Å². The summed E-state index contributed by atoms with van der Waals surface area (Å²) < 4.78 is 17.4. The van der Waals surface area contributed by atoms with Crippen molar-refractivity contribution in [1.29, 1.82) is 0 Å². The zero-order valence-corrected chi connectivity index (χ0v) is 34.4. The van der Waals surface area contributed by atoms with Crippen LogP contribution in [0.4, 0.5) is 0 Å². The van der Waals surface area contributed by atoms with E-state index in [1.807, 2.05) is 58.0 Å². The predicted molar refractivity (Wildman–Crippen MR) is 211 cm³/mol. The fourth-order valence-electron chi connectivity index (χ4n) is 7.47. The Bertz CT molecular complexity index is 1490. The molecule has 56 heavy (non-hydrogen) atoms. The van der Waals surface area contributed by atoms with E-state index in [1.165, 1.54) is 19.3 Å². The molecule has 1 aromatic carbocycles. The summed E-state index contributed by atoms with van der Waals surface area (Å²) in [5.74, 6) is -2.70. The van der Waals surface area contributed by atoms with Crippen molar-refractivity contribution in [2.24, 2.45) is 23.5 Å². The summed E-state index contributed by atoms with van der Waals surface area (Å²) >= 11 is 0. The minimum atomic E-state index is -0.916. The molecule has 2 heterocycles. The van der Waals surface area contributed by atoms with Gasteiger partial charge in [-0.25, -0.2) is 0 Å². The van der Waals surface area contributed by atoms with Gasteiger partial charge in [-0.15, -0.1) is 0 Å². The fraction of sp³-hybridized carbons (Fsp3) is 0.659. The molecule has 15 heteroatoms. The van der Waals surface area contributed by atoms with E-state index in [2.05, 4.69) is 10.6 Å². The number of nitrogens with one attached hydrogen (secondary N) is 2. The van der Waals surface area contributed by atoms with Gasteiger partial charge in [-0.2, -0.15) is 0 Å². The molecule has 8 atom stereocenters.